The first-order valence-electron chi connectivity index (χ1n) is 11.3. The van der Waals surface area contributed by atoms with Crippen molar-refractivity contribution in [1.29, 1.82) is 0 Å². The van der Waals surface area contributed by atoms with Crippen LogP contribution in [0.2, 0.25) is 0 Å². The zero-order valence-corrected chi connectivity index (χ0v) is 18.3. The highest BCUT2D eigenvalue weighted by molar-refractivity contribution is 6.15. The van der Waals surface area contributed by atoms with Crippen molar-refractivity contribution < 1.29 is 13.9 Å². The van der Waals surface area contributed by atoms with Crippen LogP contribution in [0.15, 0.2) is 51.7 Å². The van der Waals surface area contributed by atoms with Crippen LogP contribution < -0.4 is 15.3 Å². The van der Waals surface area contributed by atoms with Crippen molar-refractivity contribution in [1.82, 2.24) is 0 Å². The van der Waals surface area contributed by atoms with Gasteiger partial charge in [-0.05, 0) is 61.4 Å². The second kappa shape index (κ2) is 9.38. The van der Waals surface area contributed by atoms with E-state index in [1.54, 1.807) is 11.0 Å². The number of fused-ring (bicyclic) bond motifs is 2. The predicted molar refractivity (Wildman–Crippen MR) is 123 cm³/mol. The predicted octanol–water partition coefficient (Wildman–Crippen LogP) is 5.52. The van der Waals surface area contributed by atoms with E-state index in [-0.39, 0.29) is 5.91 Å². The SMILES string of the molecule is CCCCc1cc(=O)oc2c(C(=O)N3CCCc4ccccc43)c(OCCC)ccc12. The molecule has 0 aliphatic carbocycles. The van der Waals surface area contributed by atoms with E-state index in [2.05, 4.69) is 13.0 Å². The van der Waals surface area contributed by atoms with Crippen molar-refractivity contribution in [2.75, 3.05) is 18.1 Å². The third-order valence-corrected chi connectivity index (χ3v) is 5.79. The van der Waals surface area contributed by atoms with Gasteiger partial charge in [-0.3, -0.25) is 4.79 Å². The normalized spacial score (nSPS) is 13.3. The molecule has 0 atom stereocenters. The maximum absolute atomic E-state index is 13.9. The van der Waals surface area contributed by atoms with Gasteiger partial charge in [0.2, 0.25) is 0 Å². The van der Waals surface area contributed by atoms with Crippen LogP contribution in [0.1, 0.15) is 61.0 Å². The highest BCUT2D eigenvalue weighted by atomic mass is 16.5. The number of nitrogens with zero attached hydrogens (tertiary/aromatic N) is 1. The molecule has 2 aromatic carbocycles. The standard InChI is InChI=1S/C26H29NO4/c1-3-5-9-19-17-23(28)31-25-20(19)13-14-22(30-16-4-2)24(25)26(29)27-15-8-11-18-10-6-7-12-21(18)27/h6-7,10,12-14,17H,3-5,8-9,11,15-16H2,1-2H3. The molecule has 4 rings (SSSR count). The molecule has 0 fully saturated rings. The summed E-state index contributed by atoms with van der Waals surface area (Å²) < 4.78 is 11.6. The number of benzene rings is 2. The van der Waals surface area contributed by atoms with Crippen LogP contribution in [-0.4, -0.2) is 19.1 Å². The third-order valence-electron chi connectivity index (χ3n) is 5.79. The Morgan fingerprint density at radius 3 is 2.77 bits per heavy atom. The quantitative estimate of drug-likeness (QED) is 0.473. The minimum absolute atomic E-state index is 0.181. The van der Waals surface area contributed by atoms with Gasteiger partial charge in [0.15, 0.2) is 5.58 Å². The fourth-order valence-electron chi connectivity index (χ4n) is 4.26. The fourth-order valence-corrected chi connectivity index (χ4v) is 4.26. The molecule has 5 nitrogen and oxygen atoms in total. The number of aryl methyl sites for hydroxylation is 2. The van der Waals surface area contributed by atoms with E-state index in [0.717, 1.165) is 60.7 Å². The molecule has 162 valence electrons. The highest BCUT2D eigenvalue weighted by Crippen LogP contribution is 2.35. The van der Waals surface area contributed by atoms with Crippen LogP contribution in [-0.2, 0) is 12.8 Å². The molecule has 0 bridgehead atoms. The van der Waals surface area contributed by atoms with E-state index in [0.29, 0.717) is 30.0 Å². The number of amides is 1. The maximum atomic E-state index is 13.9. The summed E-state index contributed by atoms with van der Waals surface area (Å²) >= 11 is 0. The monoisotopic (exact) mass is 419 g/mol. The van der Waals surface area contributed by atoms with Crippen molar-refractivity contribution >= 4 is 22.6 Å². The Hall–Kier alpha value is -3.08. The molecule has 3 aromatic rings. The number of para-hydroxylation sites is 1. The number of ether oxygens (including phenoxy) is 1. The average Bonchev–Trinajstić information content (AvgIpc) is 2.79. The van der Waals surface area contributed by atoms with Gasteiger partial charge in [-0.25, -0.2) is 4.79 Å². The zero-order chi connectivity index (χ0) is 21.8. The van der Waals surface area contributed by atoms with Gasteiger partial charge < -0.3 is 14.1 Å². The third kappa shape index (κ3) is 4.22. The molecular formula is C26H29NO4. The van der Waals surface area contributed by atoms with Gasteiger partial charge in [-0.15, -0.1) is 0 Å². The molecule has 0 N–H and O–H groups in total. The van der Waals surface area contributed by atoms with Crippen LogP contribution in [0.5, 0.6) is 5.75 Å². The van der Waals surface area contributed by atoms with Crippen LogP contribution >= 0.6 is 0 Å². The van der Waals surface area contributed by atoms with Crippen LogP contribution in [0.4, 0.5) is 5.69 Å². The summed E-state index contributed by atoms with van der Waals surface area (Å²) in [4.78, 5) is 28.1. The highest BCUT2D eigenvalue weighted by Gasteiger charge is 2.29. The van der Waals surface area contributed by atoms with E-state index in [1.807, 2.05) is 37.3 Å². The second-order valence-electron chi connectivity index (χ2n) is 8.05. The molecule has 1 amide bonds. The number of rotatable bonds is 7. The van der Waals surface area contributed by atoms with Gasteiger partial charge in [0.1, 0.15) is 11.3 Å². The summed E-state index contributed by atoms with van der Waals surface area (Å²) in [5.41, 5.74) is 3.24. The number of unbranched alkanes of at least 4 members (excludes halogenated alkanes) is 1. The van der Waals surface area contributed by atoms with Gasteiger partial charge >= 0.3 is 5.63 Å². The van der Waals surface area contributed by atoms with Crippen molar-refractivity contribution in [3.05, 3.63) is 69.6 Å². The summed E-state index contributed by atoms with van der Waals surface area (Å²) in [5.74, 6) is 0.290. The Morgan fingerprint density at radius 1 is 1.13 bits per heavy atom. The van der Waals surface area contributed by atoms with Crippen LogP contribution in [0.3, 0.4) is 0 Å². The first-order valence-corrected chi connectivity index (χ1v) is 11.3. The van der Waals surface area contributed by atoms with E-state index in [9.17, 15) is 9.59 Å². The largest absolute Gasteiger partial charge is 0.493 e. The lowest BCUT2D eigenvalue weighted by Gasteiger charge is -2.30. The van der Waals surface area contributed by atoms with Crippen molar-refractivity contribution in [2.24, 2.45) is 0 Å². The first-order chi connectivity index (χ1) is 15.1. The van der Waals surface area contributed by atoms with Crippen molar-refractivity contribution in [2.45, 2.75) is 52.4 Å². The maximum Gasteiger partial charge on any atom is 0.336 e. The number of hydrogen-bond donors (Lipinski definition) is 0. The zero-order valence-electron chi connectivity index (χ0n) is 18.3. The van der Waals surface area contributed by atoms with E-state index >= 15 is 0 Å². The molecule has 0 unspecified atom stereocenters. The van der Waals surface area contributed by atoms with Gasteiger partial charge in [-0.2, -0.15) is 0 Å². The number of carbonyl (C=O) groups is 1. The Kier molecular flexibility index (Phi) is 6.40. The van der Waals surface area contributed by atoms with Gasteiger partial charge in [0.05, 0.1) is 6.61 Å². The van der Waals surface area contributed by atoms with E-state index in [1.165, 1.54) is 0 Å². The lowest BCUT2D eigenvalue weighted by molar-refractivity contribution is 0.0981. The molecule has 1 aliphatic rings. The average molecular weight is 420 g/mol. The van der Waals surface area contributed by atoms with Crippen LogP contribution in [0.25, 0.3) is 11.0 Å². The molecule has 1 aromatic heterocycles. The minimum atomic E-state index is -0.431. The van der Waals surface area contributed by atoms with Crippen molar-refractivity contribution in [3.8, 4) is 5.75 Å². The van der Waals surface area contributed by atoms with Gasteiger partial charge in [-0.1, -0.05) is 38.5 Å². The first kappa shape index (κ1) is 21.2. The Balaban J connectivity index is 1.89. The number of anilines is 1. The lowest BCUT2D eigenvalue weighted by Crippen LogP contribution is -2.36. The lowest BCUT2D eigenvalue weighted by atomic mass is 9.98. The van der Waals surface area contributed by atoms with Gasteiger partial charge in [0.25, 0.3) is 5.91 Å². The summed E-state index contributed by atoms with van der Waals surface area (Å²) in [7, 11) is 0. The molecule has 0 radical (unpaired) electrons. The van der Waals surface area contributed by atoms with Crippen molar-refractivity contribution in [3.63, 3.8) is 0 Å². The van der Waals surface area contributed by atoms with E-state index < -0.39 is 5.63 Å². The molecule has 0 spiro atoms. The molecule has 0 saturated carbocycles. The topological polar surface area (TPSA) is 59.8 Å². The molecule has 5 heteroatoms. The fraction of sp³-hybridized carbons (Fsp3) is 0.385. The van der Waals surface area contributed by atoms with E-state index in [4.69, 9.17) is 9.15 Å². The summed E-state index contributed by atoms with van der Waals surface area (Å²) in [6.45, 7) is 5.25. The summed E-state index contributed by atoms with van der Waals surface area (Å²) in [6, 6.07) is 13.3. The molecular weight excluding hydrogens is 390 g/mol. The molecule has 31 heavy (non-hydrogen) atoms. The van der Waals surface area contributed by atoms with Crippen LogP contribution in [0, 0.1) is 0 Å². The Bertz CT molecular complexity index is 1150. The Morgan fingerprint density at radius 2 is 1.97 bits per heavy atom. The smallest absolute Gasteiger partial charge is 0.336 e. The molecule has 1 aliphatic heterocycles. The summed E-state index contributed by atoms with van der Waals surface area (Å²) in [6.07, 6.45) is 5.42. The summed E-state index contributed by atoms with van der Waals surface area (Å²) in [5, 5.41) is 0.811. The number of carbonyl (C=O) groups excluding carboxylic acids is 1. The Labute approximate surface area is 182 Å². The number of hydrogen-bond acceptors (Lipinski definition) is 4. The molecule has 0 saturated heterocycles. The second-order valence-corrected chi connectivity index (χ2v) is 8.05. The minimum Gasteiger partial charge on any atom is -0.493 e. The van der Waals surface area contributed by atoms with Gasteiger partial charge in [0, 0.05) is 23.7 Å². The molecule has 2 heterocycles.